The van der Waals surface area contributed by atoms with Crippen LogP contribution in [0.2, 0.25) is 0 Å². The van der Waals surface area contributed by atoms with E-state index >= 15 is 0 Å². The van der Waals surface area contributed by atoms with Crippen molar-refractivity contribution >= 4 is 22.9 Å². The standard InChI is InChI=1S/C16H17FN2OS/c1-19(14-6-4-3-5-13(14)17)10-12-9-11(16(18)21)7-8-15(12)20-2/h3-9H,10H2,1-2H3,(H2,18,21). The Morgan fingerprint density at radius 3 is 2.62 bits per heavy atom. The van der Waals surface area contributed by atoms with Gasteiger partial charge in [-0.15, -0.1) is 0 Å². The highest BCUT2D eigenvalue weighted by atomic mass is 32.1. The number of hydrogen-bond acceptors (Lipinski definition) is 3. The molecule has 0 radical (unpaired) electrons. The van der Waals surface area contributed by atoms with Crippen molar-refractivity contribution in [1.29, 1.82) is 0 Å². The van der Waals surface area contributed by atoms with Crippen molar-refractivity contribution in [1.82, 2.24) is 0 Å². The average molecular weight is 304 g/mol. The second-order valence-electron chi connectivity index (χ2n) is 4.70. The fourth-order valence-corrected chi connectivity index (χ4v) is 2.28. The molecule has 21 heavy (non-hydrogen) atoms. The first-order valence-electron chi connectivity index (χ1n) is 6.45. The topological polar surface area (TPSA) is 38.5 Å². The van der Waals surface area contributed by atoms with Crippen molar-refractivity contribution in [2.75, 3.05) is 19.1 Å². The van der Waals surface area contributed by atoms with E-state index in [0.717, 1.165) is 16.9 Å². The Morgan fingerprint density at radius 1 is 1.29 bits per heavy atom. The smallest absolute Gasteiger partial charge is 0.146 e. The van der Waals surface area contributed by atoms with E-state index < -0.39 is 0 Å². The Morgan fingerprint density at radius 2 is 2.00 bits per heavy atom. The average Bonchev–Trinajstić information content (AvgIpc) is 2.47. The van der Waals surface area contributed by atoms with E-state index in [9.17, 15) is 4.39 Å². The van der Waals surface area contributed by atoms with E-state index in [1.54, 1.807) is 25.3 Å². The number of ether oxygens (including phenoxy) is 1. The summed E-state index contributed by atoms with van der Waals surface area (Å²) in [6, 6.07) is 12.2. The summed E-state index contributed by atoms with van der Waals surface area (Å²) in [6.07, 6.45) is 0. The summed E-state index contributed by atoms with van der Waals surface area (Å²) in [5.41, 5.74) is 7.85. The van der Waals surface area contributed by atoms with Crippen molar-refractivity contribution in [3.05, 3.63) is 59.4 Å². The third-order valence-corrected chi connectivity index (χ3v) is 3.47. The maximum Gasteiger partial charge on any atom is 0.146 e. The van der Waals surface area contributed by atoms with E-state index in [1.165, 1.54) is 6.07 Å². The van der Waals surface area contributed by atoms with Gasteiger partial charge in [0.05, 0.1) is 12.8 Å². The summed E-state index contributed by atoms with van der Waals surface area (Å²) in [6.45, 7) is 0.487. The van der Waals surface area contributed by atoms with Crippen molar-refractivity contribution in [3.63, 3.8) is 0 Å². The van der Waals surface area contributed by atoms with Crippen LogP contribution in [0.4, 0.5) is 10.1 Å². The Labute approximate surface area is 129 Å². The van der Waals surface area contributed by atoms with Crippen molar-refractivity contribution < 1.29 is 9.13 Å². The van der Waals surface area contributed by atoms with Crippen molar-refractivity contribution in [3.8, 4) is 5.75 Å². The normalized spacial score (nSPS) is 10.2. The quantitative estimate of drug-likeness (QED) is 0.862. The zero-order chi connectivity index (χ0) is 15.4. The molecule has 0 aliphatic rings. The zero-order valence-corrected chi connectivity index (χ0v) is 12.8. The third kappa shape index (κ3) is 3.49. The molecule has 0 aromatic heterocycles. The van der Waals surface area contributed by atoms with Crippen LogP contribution in [0.25, 0.3) is 0 Å². The molecule has 3 nitrogen and oxygen atoms in total. The largest absolute Gasteiger partial charge is 0.496 e. The van der Waals surface area contributed by atoms with Gasteiger partial charge in [-0.2, -0.15) is 0 Å². The fourth-order valence-electron chi connectivity index (χ4n) is 2.16. The van der Waals surface area contributed by atoms with E-state index in [0.29, 0.717) is 17.2 Å². The number of halogens is 1. The molecular weight excluding hydrogens is 287 g/mol. The van der Waals surface area contributed by atoms with Crippen molar-refractivity contribution in [2.45, 2.75) is 6.54 Å². The summed E-state index contributed by atoms with van der Waals surface area (Å²) < 4.78 is 19.2. The number of anilines is 1. The molecule has 0 bridgehead atoms. The van der Waals surface area contributed by atoms with E-state index in [-0.39, 0.29) is 5.82 Å². The monoisotopic (exact) mass is 304 g/mol. The molecule has 0 spiro atoms. The predicted octanol–water partition coefficient (Wildman–Crippen LogP) is 3.10. The number of nitrogens with zero attached hydrogens (tertiary/aromatic N) is 1. The highest BCUT2D eigenvalue weighted by Crippen LogP contribution is 2.25. The van der Waals surface area contributed by atoms with Crippen molar-refractivity contribution in [2.24, 2.45) is 5.73 Å². The Hall–Kier alpha value is -2.14. The first-order chi connectivity index (χ1) is 10.0. The van der Waals surface area contributed by atoms with Crippen LogP contribution in [0.5, 0.6) is 5.75 Å². The van der Waals surface area contributed by atoms with E-state index in [4.69, 9.17) is 22.7 Å². The van der Waals surface area contributed by atoms with E-state index in [1.807, 2.05) is 30.1 Å². The minimum Gasteiger partial charge on any atom is -0.496 e. The molecule has 5 heteroatoms. The first-order valence-corrected chi connectivity index (χ1v) is 6.86. The Balaban J connectivity index is 2.31. The number of methoxy groups -OCH3 is 1. The number of para-hydroxylation sites is 1. The highest BCUT2D eigenvalue weighted by molar-refractivity contribution is 7.80. The van der Waals surface area contributed by atoms with Crippen LogP contribution in [-0.2, 0) is 6.54 Å². The number of hydrogen-bond donors (Lipinski definition) is 1. The van der Waals surface area contributed by atoms with Crippen LogP contribution in [0.15, 0.2) is 42.5 Å². The van der Waals surface area contributed by atoms with Crippen LogP contribution < -0.4 is 15.4 Å². The molecule has 0 atom stereocenters. The van der Waals surface area contributed by atoms with Gasteiger partial charge in [-0.25, -0.2) is 4.39 Å². The SMILES string of the molecule is COc1ccc(C(N)=S)cc1CN(C)c1ccccc1F. The van der Waals surface area contributed by atoms with Crippen LogP contribution in [0.3, 0.4) is 0 Å². The lowest BCUT2D eigenvalue weighted by atomic mass is 10.1. The van der Waals surface area contributed by atoms with Crippen LogP contribution >= 0.6 is 12.2 Å². The molecule has 2 aromatic rings. The van der Waals surface area contributed by atoms with Crippen LogP contribution in [0, 0.1) is 5.82 Å². The van der Waals surface area contributed by atoms with Gasteiger partial charge in [0, 0.05) is 24.7 Å². The van der Waals surface area contributed by atoms with Crippen LogP contribution in [0.1, 0.15) is 11.1 Å². The van der Waals surface area contributed by atoms with Gasteiger partial charge in [0.1, 0.15) is 16.6 Å². The second-order valence-corrected chi connectivity index (χ2v) is 5.14. The van der Waals surface area contributed by atoms with Gasteiger partial charge >= 0.3 is 0 Å². The first kappa shape index (κ1) is 15.3. The lowest BCUT2D eigenvalue weighted by molar-refractivity contribution is 0.409. The van der Waals surface area contributed by atoms with Gasteiger partial charge in [0.25, 0.3) is 0 Å². The molecule has 0 aliphatic carbocycles. The molecule has 0 saturated heterocycles. The predicted molar refractivity (Wildman–Crippen MR) is 87.4 cm³/mol. The minimum absolute atomic E-state index is 0.260. The molecule has 0 fully saturated rings. The van der Waals surface area contributed by atoms with Gasteiger partial charge in [-0.3, -0.25) is 0 Å². The summed E-state index contributed by atoms with van der Waals surface area (Å²) in [7, 11) is 3.42. The molecule has 0 aliphatic heterocycles. The lowest BCUT2D eigenvalue weighted by Crippen LogP contribution is -2.19. The molecule has 2 aromatic carbocycles. The molecule has 110 valence electrons. The Bertz CT molecular complexity index is 660. The number of benzene rings is 2. The maximum atomic E-state index is 13.8. The van der Waals surface area contributed by atoms with Gasteiger partial charge in [0.15, 0.2) is 0 Å². The molecule has 0 amide bonds. The number of nitrogens with two attached hydrogens (primary N) is 1. The van der Waals surface area contributed by atoms with Crippen LogP contribution in [-0.4, -0.2) is 19.1 Å². The zero-order valence-electron chi connectivity index (χ0n) is 12.0. The molecular formula is C16H17FN2OS. The lowest BCUT2D eigenvalue weighted by Gasteiger charge is -2.21. The van der Waals surface area contributed by atoms with E-state index in [2.05, 4.69) is 0 Å². The van der Waals surface area contributed by atoms with Gasteiger partial charge < -0.3 is 15.4 Å². The molecule has 0 saturated carbocycles. The van der Waals surface area contributed by atoms with Gasteiger partial charge in [0.2, 0.25) is 0 Å². The summed E-state index contributed by atoms with van der Waals surface area (Å²) >= 11 is 4.99. The molecule has 2 N–H and O–H groups in total. The minimum atomic E-state index is -0.260. The van der Waals surface area contributed by atoms with Gasteiger partial charge in [-0.05, 0) is 30.3 Å². The summed E-state index contributed by atoms with van der Waals surface area (Å²) in [5, 5.41) is 0. The summed E-state index contributed by atoms with van der Waals surface area (Å²) in [5.74, 6) is 0.461. The highest BCUT2D eigenvalue weighted by Gasteiger charge is 2.11. The summed E-state index contributed by atoms with van der Waals surface area (Å²) in [4.78, 5) is 2.14. The molecule has 2 rings (SSSR count). The molecule has 0 unspecified atom stereocenters. The fraction of sp³-hybridized carbons (Fsp3) is 0.188. The second kappa shape index (κ2) is 6.54. The Kier molecular flexibility index (Phi) is 4.75. The maximum absolute atomic E-state index is 13.8. The van der Waals surface area contributed by atoms with Gasteiger partial charge in [-0.1, -0.05) is 24.4 Å². The number of rotatable bonds is 5. The number of thiocarbonyl (C=S) groups is 1. The molecule has 0 heterocycles. The third-order valence-electron chi connectivity index (χ3n) is 3.24.